The van der Waals surface area contributed by atoms with E-state index in [2.05, 4.69) is 15.9 Å². The second-order valence-corrected chi connectivity index (χ2v) is 5.28. The summed E-state index contributed by atoms with van der Waals surface area (Å²) in [6.45, 7) is 4.23. The molecule has 1 aromatic rings. The molecule has 0 saturated heterocycles. The molecular formula is C13H16BrNO3. The molecule has 1 aromatic carbocycles. The monoisotopic (exact) mass is 313 g/mol. The standard InChI is InChI=1S/C13H16BrNO3/c1-8-7-15(13(16)9(2)17-3)11-6-10(14)4-5-12(11)18-8/h4-6,8-9H,7H2,1-3H3/t8-,9-/m1/s1. The zero-order valence-electron chi connectivity index (χ0n) is 10.6. The molecule has 1 aliphatic rings. The molecule has 0 fully saturated rings. The van der Waals surface area contributed by atoms with E-state index in [9.17, 15) is 4.79 Å². The maximum Gasteiger partial charge on any atom is 0.256 e. The lowest BCUT2D eigenvalue weighted by molar-refractivity contribution is -0.127. The van der Waals surface area contributed by atoms with Crippen LogP contribution in [0.1, 0.15) is 13.8 Å². The maximum absolute atomic E-state index is 12.3. The van der Waals surface area contributed by atoms with E-state index in [0.717, 1.165) is 15.9 Å². The van der Waals surface area contributed by atoms with E-state index in [1.165, 1.54) is 7.11 Å². The topological polar surface area (TPSA) is 38.8 Å². The van der Waals surface area contributed by atoms with Gasteiger partial charge in [0, 0.05) is 11.6 Å². The first-order valence-electron chi connectivity index (χ1n) is 5.83. The normalized spacial score (nSPS) is 20.0. The van der Waals surface area contributed by atoms with Crippen LogP contribution in [-0.4, -0.2) is 31.8 Å². The minimum Gasteiger partial charge on any atom is -0.487 e. The molecule has 0 N–H and O–H groups in total. The number of nitrogens with zero attached hydrogens (tertiary/aromatic N) is 1. The van der Waals surface area contributed by atoms with E-state index in [4.69, 9.17) is 9.47 Å². The van der Waals surface area contributed by atoms with Crippen molar-refractivity contribution in [2.24, 2.45) is 0 Å². The van der Waals surface area contributed by atoms with Gasteiger partial charge >= 0.3 is 0 Å². The SMILES string of the molecule is CO[C@H](C)C(=O)N1C[C@@H](C)Oc2ccc(Br)cc21. The third-order valence-corrected chi connectivity index (χ3v) is 3.44. The Hall–Kier alpha value is -1.07. The van der Waals surface area contributed by atoms with Gasteiger partial charge in [0.15, 0.2) is 0 Å². The van der Waals surface area contributed by atoms with Crippen molar-refractivity contribution in [3.63, 3.8) is 0 Å². The summed E-state index contributed by atoms with van der Waals surface area (Å²) in [5.41, 5.74) is 0.788. The molecular weight excluding hydrogens is 298 g/mol. The van der Waals surface area contributed by atoms with Crippen molar-refractivity contribution in [1.82, 2.24) is 0 Å². The molecule has 1 heterocycles. The van der Waals surface area contributed by atoms with Crippen LogP contribution in [0, 0.1) is 0 Å². The van der Waals surface area contributed by atoms with Crippen molar-refractivity contribution in [2.45, 2.75) is 26.1 Å². The number of ether oxygens (including phenoxy) is 2. The average Bonchev–Trinajstić information content (AvgIpc) is 2.36. The Bertz CT molecular complexity index is 464. The molecule has 2 atom stereocenters. The highest BCUT2D eigenvalue weighted by molar-refractivity contribution is 9.10. The minimum absolute atomic E-state index is 0.0216. The number of hydrogen-bond acceptors (Lipinski definition) is 3. The van der Waals surface area contributed by atoms with Gasteiger partial charge < -0.3 is 14.4 Å². The number of methoxy groups -OCH3 is 1. The molecule has 5 heteroatoms. The summed E-state index contributed by atoms with van der Waals surface area (Å²) in [4.78, 5) is 14.0. The van der Waals surface area contributed by atoms with E-state index < -0.39 is 6.10 Å². The number of amides is 1. The lowest BCUT2D eigenvalue weighted by Crippen LogP contribution is -2.46. The van der Waals surface area contributed by atoms with Crippen LogP contribution in [0.3, 0.4) is 0 Å². The second kappa shape index (κ2) is 5.28. The van der Waals surface area contributed by atoms with Gasteiger partial charge in [0.2, 0.25) is 0 Å². The highest BCUT2D eigenvalue weighted by atomic mass is 79.9. The molecule has 0 radical (unpaired) electrons. The van der Waals surface area contributed by atoms with Gasteiger partial charge in [-0.3, -0.25) is 4.79 Å². The Balaban J connectivity index is 2.38. The Morgan fingerprint density at radius 1 is 1.61 bits per heavy atom. The van der Waals surface area contributed by atoms with Crippen LogP contribution in [0.4, 0.5) is 5.69 Å². The first-order chi connectivity index (χ1) is 8.52. The highest BCUT2D eigenvalue weighted by Crippen LogP contribution is 2.36. The van der Waals surface area contributed by atoms with Gasteiger partial charge in [-0.15, -0.1) is 0 Å². The third kappa shape index (κ3) is 2.52. The molecule has 98 valence electrons. The van der Waals surface area contributed by atoms with Gasteiger partial charge in [-0.1, -0.05) is 15.9 Å². The summed E-state index contributed by atoms with van der Waals surface area (Å²) in [7, 11) is 1.54. The van der Waals surface area contributed by atoms with Crippen LogP contribution in [0.5, 0.6) is 5.75 Å². The Morgan fingerprint density at radius 2 is 2.33 bits per heavy atom. The number of rotatable bonds is 2. The molecule has 1 aliphatic heterocycles. The highest BCUT2D eigenvalue weighted by Gasteiger charge is 2.30. The van der Waals surface area contributed by atoms with Gasteiger partial charge in [-0.25, -0.2) is 0 Å². The van der Waals surface area contributed by atoms with Crippen LogP contribution < -0.4 is 9.64 Å². The van der Waals surface area contributed by atoms with Crippen molar-refractivity contribution in [2.75, 3.05) is 18.6 Å². The zero-order valence-corrected chi connectivity index (χ0v) is 12.2. The molecule has 4 nitrogen and oxygen atoms in total. The molecule has 0 saturated carbocycles. The smallest absolute Gasteiger partial charge is 0.256 e. The van der Waals surface area contributed by atoms with Crippen molar-refractivity contribution in [3.05, 3.63) is 22.7 Å². The number of halogens is 1. The second-order valence-electron chi connectivity index (χ2n) is 4.37. The van der Waals surface area contributed by atoms with E-state index in [1.807, 2.05) is 25.1 Å². The number of fused-ring (bicyclic) bond motifs is 1. The van der Waals surface area contributed by atoms with Gasteiger partial charge in [0.25, 0.3) is 5.91 Å². The van der Waals surface area contributed by atoms with Crippen LogP contribution in [0.15, 0.2) is 22.7 Å². The number of carbonyl (C=O) groups is 1. The number of benzene rings is 1. The molecule has 0 aromatic heterocycles. The third-order valence-electron chi connectivity index (χ3n) is 2.95. The van der Waals surface area contributed by atoms with Crippen molar-refractivity contribution >= 4 is 27.5 Å². The van der Waals surface area contributed by atoms with Gasteiger partial charge in [0.05, 0.1) is 12.2 Å². The maximum atomic E-state index is 12.3. The molecule has 0 spiro atoms. The fourth-order valence-electron chi connectivity index (χ4n) is 1.94. The summed E-state index contributed by atoms with van der Waals surface area (Å²) in [6.07, 6.45) is -0.478. The Kier molecular flexibility index (Phi) is 3.92. The first-order valence-corrected chi connectivity index (χ1v) is 6.62. The fraction of sp³-hybridized carbons (Fsp3) is 0.462. The number of carbonyl (C=O) groups excluding carboxylic acids is 1. The summed E-state index contributed by atoms with van der Waals surface area (Å²) < 4.78 is 11.7. The van der Waals surface area contributed by atoms with Crippen LogP contribution in [0.25, 0.3) is 0 Å². The molecule has 0 unspecified atom stereocenters. The Labute approximate surface area is 115 Å². The Morgan fingerprint density at radius 3 is 3.00 bits per heavy atom. The van der Waals surface area contributed by atoms with E-state index >= 15 is 0 Å². The van der Waals surface area contributed by atoms with E-state index in [1.54, 1.807) is 11.8 Å². The average molecular weight is 314 g/mol. The summed E-state index contributed by atoms with van der Waals surface area (Å²) in [6, 6.07) is 5.66. The number of hydrogen-bond donors (Lipinski definition) is 0. The van der Waals surface area contributed by atoms with E-state index in [-0.39, 0.29) is 12.0 Å². The molecule has 18 heavy (non-hydrogen) atoms. The van der Waals surface area contributed by atoms with Crippen molar-refractivity contribution in [3.8, 4) is 5.75 Å². The lowest BCUT2D eigenvalue weighted by Gasteiger charge is -2.34. The van der Waals surface area contributed by atoms with Crippen LogP contribution in [-0.2, 0) is 9.53 Å². The van der Waals surface area contributed by atoms with E-state index in [0.29, 0.717) is 6.54 Å². The van der Waals surface area contributed by atoms with Crippen molar-refractivity contribution in [1.29, 1.82) is 0 Å². The predicted octanol–water partition coefficient (Wildman–Crippen LogP) is 2.60. The quantitative estimate of drug-likeness (QED) is 0.842. The van der Waals surface area contributed by atoms with Gasteiger partial charge in [-0.05, 0) is 32.0 Å². The predicted molar refractivity (Wildman–Crippen MR) is 73.1 cm³/mol. The molecule has 0 bridgehead atoms. The van der Waals surface area contributed by atoms with Crippen LogP contribution >= 0.6 is 15.9 Å². The lowest BCUT2D eigenvalue weighted by atomic mass is 10.1. The largest absolute Gasteiger partial charge is 0.487 e. The first kappa shape index (κ1) is 13.4. The van der Waals surface area contributed by atoms with Crippen LogP contribution in [0.2, 0.25) is 0 Å². The van der Waals surface area contributed by atoms with Gasteiger partial charge in [-0.2, -0.15) is 0 Å². The summed E-state index contributed by atoms with van der Waals surface area (Å²) in [5.74, 6) is 0.681. The molecule has 0 aliphatic carbocycles. The molecule has 1 amide bonds. The summed E-state index contributed by atoms with van der Waals surface area (Å²) >= 11 is 3.41. The minimum atomic E-state index is -0.456. The molecule has 2 rings (SSSR count). The van der Waals surface area contributed by atoms with Crippen molar-refractivity contribution < 1.29 is 14.3 Å². The summed E-state index contributed by atoms with van der Waals surface area (Å²) in [5, 5.41) is 0. The number of anilines is 1. The fourth-order valence-corrected chi connectivity index (χ4v) is 2.29. The zero-order chi connectivity index (χ0) is 13.3. The van der Waals surface area contributed by atoms with Gasteiger partial charge in [0.1, 0.15) is 18.0 Å².